The number of hydrogen-bond donors (Lipinski definition) is 0. The van der Waals surface area contributed by atoms with Crippen LogP contribution in [0.5, 0.6) is 5.75 Å². The Morgan fingerprint density at radius 1 is 1.20 bits per heavy atom. The van der Waals surface area contributed by atoms with E-state index in [-0.39, 0.29) is 5.56 Å². The van der Waals surface area contributed by atoms with Gasteiger partial charge in [-0.05, 0) is 11.5 Å². The summed E-state index contributed by atoms with van der Waals surface area (Å²) in [7, 11) is 1.45. The van der Waals surface area contributed by atoms with Crippen LogP contribution in [0.3, 0.4) is 0 Å². The van der Waals surface area contributed by atoms with Crippen molar-refractivity contribution in [1.29, 1.82) is 0 Å². The molecular formula is C12H9O3-. The van der Waals surface area contributed by atoms with Crippen molar-refractivity contribution in [3.8, 4) is 5.75 Å². The fourth-order valence-corrected chi connectivity index (χ4v) is 1.62. The first-order chi connectivity index (χ1) is 7.24. The SMILES string of the molecule is COc1c(C(=O)[O-])ccc2ccccc12. The number of carbonyl (C=O) groups excluding carboxylic acids is 1. The Balaban J connectivity index is 2.81. The Bertz CT molecular complexity index is 517. The van der Waals surface area contributed by atoms with Gasteiger partial charge < -0.3 is 14.6 Å². The molecule has 0 aliphatic heterocycles. The summed E-state index contributed by atoms with van der Waals surface area (Å²) in [6.07, 6.45) is 0. The second-order valence-electron chi connectivity index (χ2n) is 3.15. The van der Waals surface area contributed by atoms with Crippen LogP contribution < -0.4 is 9.84 Å². The number of rotatable bonds is 2. The van der Waals surface area contributed by atoms with Crippen LogP contribution in [0.25, 0.3) is 10.8 Å². The summed E-state index contributed by atoms with van der Waals surface area (Å²) in [5.41, 5.74) is 0.0798. The highest BCUT2D eigenvalue weighted by atomic mass is 16.5. The molecule has 0 aliphatic rings. The highest BCUT2D eigenvalue weighted by Crippen LogP contribution is 2.28. The maximum absolute atomic E-state index is 10.8. The number of hydrogen-bond acceptors (Lipinski definition) is 3. The molecule has 3 nitrogen and oxygen atoms in total. The largest absolute Gasteiger partial charge is 0.545 e. The number of carboxylic acids is 1. The van der Waals surface area contributed by atoms with Gasteiger partial charge in [-0.3, -0.25) is 0 Å². The van der Waals surface area contributed by atoms with Crippen molar-refractivity contribution >= 4 is 16.7 Å². The summed E-state index contributed by atoms with van der Waals surface area (Å²) in [5.74, 6) is -0.870. The Kier molecular flexibility index (Phi) is 2.29. The minimum Gasteiger partial charge on any atom is -0.545 e. The third-order valence-corrected chi connectivity index (χ3v) is 2.30. The molecule has 0 amide bonds. The topological polar surface area (TPSA) is 49.4 Å². The van der Waals surface area contributed by atoms with Crippen molar-refractivity contribution in [2.24, 2.45) is 0 Å². The summed E-state index contributed by atoms with van der Waals surface area (Å²) in [6.45, 7) is 0. The van der Waals surface area contributed by atoms with Crippen molar-refractivity contribution in [3.63, 3.8) is 0 Å². The summed E-state index contributed by atoms with van der Waals surface area (Å²) in [6, 6.07) is 10.7. The normalized spacial score (nSPS) is 10.2. The van der Waals surface area contributed by atoms with E-state index in [0.717, 1.165) is 10.8 Å². The fourth-order valence-electron chi connectivity index (χ4n) is 1.62. The molecule has 0 heterocycles. The summed E-state index contributed by atoms with van der Waals surface area (Å²) >= 11 is 0. The summed E-state index contributed by atoms with van der Waals surface area (Å²) in [5, 5.41) is 12.6. The lowest BCUT2D eigenvalue weighted by molar-refractivity contribution is -0.255. The first-order valence-electron chi connectivity index (χ1n) is 4.51. The molecule has 0 N–H and O–H groups in total. The monoisotopic (exact) mass is 201 g/mol. The molecule has 2 rings (SSSR count). The number of ether oxygens (including phenoxy) is 1. The highest BCUT2D eigenvalue weighted by molar-refractivity contribution is 5.99. The Labute approximate surface area is 86.9 Å². The van der Waals surface area contributed by atoms with Gasteiger partial charge in [-0.25, -0.2) is 0 Å². The number of carbonyl (C=O) groups is 1. The molecule has 0 aromatic heterocycles. The molecule has 15 heavy (non-hydrogen) atoms. The van der Waals surface area contributed by atoms with E-state index >= 15 is 0 Å². The second-order valence-corrected chi connectivity index (χ2v) is 3.15. The average Bonchev–Trinajstić information content (AvgIpc) is 2.27. The Hall–Kier alpha value is -2.03. The van der Waals surface area contributed by atoms with E-state index in [1.54, 1.807) is 6.07 Å². The van der Waals surface area contributed by atoms with Gasteiger partial charge in [0.15, 0.2) is 0 Å². The molecule has 0 fully saturated rings. The summed E-state index contributed by atoms with van der Waals surface area (Å²) < 4.78 is 5.10. The van der Waals surface area contributed by atoms with Gasteiger partial charge in [-0.1, -0.05) is 30.3 Å². The minimum absolute atomic E-state index is 0.0798. The molecule has 0 atom stereocenters. The van der Waals surface area contributed by atoms with E-state index in [2.05, 4.69) is 0 Å². The van der Waals surface area contributed by atoms with Gasteiger partial charge in [-0.15, -0.1) is 0 Å². The molecule has 0 saturated heterocycles. The van der Waals surface area contributed by atoms with E-state index in [1.165, 1.54) is 13.2 Å². The van der Waals surface area contributed by atoms with E-state index in [0.29, 0.717) is 5.75 Å². The molecule has 76 valence electrons. The van der Waals surface area contributed by atoms with Gasteiger partial charge in [0.1, 0.15) is 5.75 Å². The van der Waals surface area contributed by atoms with Crippen molar-refractivity contribution in [2.45, 2.75) is 0 Å². The van der Waals surface area contributed by atoms with Crippen molar-refractivity contribution in [2.75, 3.05) is 7.11 Å². The maximum atomic E-state index is 10.8. The van der Waals surface area contributed by atoms with Crippen LogP contribution >= 0.6 is 0 Å². The van der Waals surface area contributed by atoms with Gasteiger partial charge in [0.05, 0.1) is 13.1 Å². The van der Waals surface area contributed by atoms with Gasteiger partial charge in [0.2, 0.25) is 0 Å². The predicted molar refractivity (Wildman–Crippen MR) is 54.8 cm³/mol. The van der Waals surface area contributed by atoms with Gasteiger partial charge in [-0.2, -0.15) is 0 Å². The predicted octanol–water partition coefficient (Wildman–Crippen LogP) is 1.21. The summed E-state index contributed by atoms with van der Waals surface area (Å²) in [4.78, 5) is 10.8. The van der Waals surface area contributed by atoms with Crippen LogP contribution in [0, 0.1) is 0 Å². The zero-order chi connectivity index (χ0) is 10.8. The Morgan fingerprint density at radius 2 is 1.93 bits per heavy atom. The number of fused-ring (bicyclic) bond motifs is 1. The molecule has 0 radical (unpaired) electrons. The number of benzene rings is 2. The van der Waals surface area contributed by atoms with Crippen LogP contribution in [-0.4, -0.2) is 13.1 Å². The van der Waals surface area contributed by atoms with Crippen LogP contribution in [0.2, 0.25) is 0 Å². The zero-order valence-electron chi connectivity index (χ0n) is 8.19. The molecular weight excluding hydrogens is 192 g/mol. The first-order valence-corrected chi connectivity index (χ1v) is 4.51. The smallest absolute Gasteiger partial charge is 0.135 e. The van der Waals surface area contributed by atoms with E-state index in [9.17, 15) is 9.90 Å². The van der Waals surface area contributed by atoms with Crippen LogP contribution in [0.1, 0.15) is 10.4 Å². The third-order valence-electron chi connectivity index (χ3n) is 2.30. The van der Waals surface area contributed by atoms with Crippen molar-refractivity contribution < 1.29 is 14.6 Å². The minimum atomic E-state index is -1.22. The van der Waals surface area contributed by atoms with Crippen LogP contribution in [0.15, 0.2) is 36.4 Å². The van der Waals surface area contributed by atoms with Crippen molar-refractivity contribution in [3.05, 3.63) is 42.0 Å². The number of methoxy groups -OCH3 is 1. The molecule has 2 aromatic carbocycles. The van der Waals surface area contributed by atoms with Crippen molar-refractivity contribution in [1.82, 2.24) is 0 Å². The fraction of sp³-hybridized carbons (Fsp3) is 0.0833. The standard InChI is InChI=1S/C12H10O3/c1-15-11-9-5-3-2-4-8(9)6-7-10(11)12(13)14/h2-7H,1H3,(H,13,14)/p-1. The van der Waals surface area contributed by atoms with Gasteiger partial charge >= 0.3 is 0 Å². The number of aromatic carboxylic acids is 1. The van der Waals surface area contributed by atoms with Crippen LogP contribution in [0.4, 0.5) is 0 Å². The van der Waals surface area contributed by atoms with E-state index < -0.39 is 5.97 Å². The second kappa shape index (κ2) is 3.61. The lowest BCUT2D eigenvalue weighted by Crippen LogP contribution is -2.22. The molecule has 0 saturated carbocycles. The molecule has 0 unspecified atom stereocenters. The molecule has 3 heteroatoms. The van der Waals surface area contributed by atoms with Gasteiger partial charge in [0.25, 0.3) is 0 Å². The average molecular weight is 201 g/mol. The first kappa shape index (κ1) is 9.52. The van der Waals surface area contributed by atoms with E-state index in [1.807, 2.05) is 24.3 Å². The van der Waals surface area contributed by atoms with E-state index in [4.69, 9.17) is 4.74 Å². The quantitative estimate of drug-likeness (QED) is 0.733. The Morgan fingerprint density at radius 3 is 2.60 bits per heavy atom. The molecule has 0 aliphatic carbocycles. The maximum Gasteiger partial charge on any atom is 0.135 e. The molecule has 0 bridgehead atoms. The lowest BCUT2D eigenvalue weighted by Gasteiger charge is -2.11. The third kappa shape index (κ3) is 1.52. The zero-order valence-corrected chi connectivity index (χ0v) is 8.19. The van der Waals surface area contributed by atoms with Crippen LogP contribution in [-0.2, 0) is 0 Å². The van der Waals surface area contributed by atoms with Gasteiger partial charge in [0, 0.05) is 10.9 Å². The molecule has 2 aromatic rings. The number of carboxylic acid groups (broad SMARTS) is 1. The highest BCUT2D eigenvalue weighted by Gasteiger charge is 2.07. The lowest BCUT2D eigenvalue weighted by atomic mass is 10.1. The molecule has 0 spiro atoms.